The van der Waals surface area contributed by atoms with Crippen molar-refractivity contribution >= 4 is 88.2 Å². The number of carbonyl (C=O) groups is 11. The number of nitrogens with two attached hydrogens (primary N) is 5. The molecule has 2 rings (SSSR count). The van der Waals surface area contributed by atoms with Crippen LogP contribution >= 0.6 is 23.2 Å². The van der Waals surface area contributed by atoms with E-state index in [-0.39, 0.29) is 100 Å². The number of benzene rings is 1. The highest BCUT2D eigenvalue weighted by Crippen LogP contribution is 2.24. The molecule has 1 aliphatic rings. The number of carbonyl (C=O) groups excluding carboxylic acids is 11. The number of nitrogens with one attached hydrogen (secondary N) is 11. The van der Waals surface area contributed by atoms with Crippen LogP contribution in [0.15, 0.2) is 18.2 Å². The van der Waals surface area contributed by atoms with Crippen molar-refractivity contribution < 1.29 is 63.0 Å². The van der Waals surface area contributed by atoms with E-state index in [0.29, 0.717) is 17.9 Å². The SMILES string of the molecule is CC[C@H](C)CCCCC(=O)N[C@@H](CCN)C(=O)N[C@H](C(=O)N[C@@H](CCN)C(=O)N[C@H]1CCNC(=O)[C@H]([C@@H](C)O)NC(=O)[C@H](CCN)NC(=O)[C@H](CCN)NC(=O)[C@H](CC(C)C)NC(=O)C(Cc2ccc(Cl)c(Cl)c2)NC(=O)[C@H](CCN)NC1=O)[C@@H](C)O. The minimum atomic E-state index is -1.71. The lowest BCUT2D eigenvalue weighted by molar-refractivity contribution is -0.137. The molecule has 0 radical (unpaired) electrons. The van der Waals surface area contributed by atoms with Crippen LogP contribution in [0.4, 0.5) is 0 Å². The molecule has 0 bridgehead atoms. The number of halogens is 2. The number of unbranched alkanes of at least 4 members (excludes halogenated alkanes) is 1. The molecule has 0 aliphatic carbocycles. The van der Waals surface area contributed by atoms with Gasteiger partial charge < -0.3 is 97.4 Å². The number of hydrogen-bond donors (Lipinski definition) is 18. The molecule has 23 N–H and O–H groups in total. The predicted octanol–water partition coefficient (Wildman–Crippen LogP) is -3.94. The average Bonchev–Trinajstić information content (AvgIpc) is 3.34. The lowest BCUT2D eigenvalue weighted by atomic mass is 10.00. The van der Waals surface area contributed by atoms with Crippen LogP contribution in [0.2, 0.25) is 10.0 Å². The molecule has 0 spiro atoms. The van der Waals surface area contributed by atoms with Gasteiger partial charge in [0.05, 0.1) is 22.3 Å². The van der Waals surface area contributed by atoms with Crippen LogP contribution in [0.1, 0.15) is 124 Å². The van der Waals surface area contributed by atoms with Crippen molar-refractivity contribution in [3.63, 3.8) is 0 Å². The minimum absolute atomic E-state index is 0.00495. The first-order valence-electron chi connectivity index (χ1n) is 29.8. The molecule has 31 heteroatoms. The molecular weight excluding hydrogens is 1180 g/mol. The van der Waals surface area contributed by atoms with Gasteiger partial charge in [-0.1, -0.05) is 76.2 Å². The number of amides is 11. The van der Waals surface area contributed by atoms with Gasteiger partial charge >= 0.3 is 0 Å². The molecule has 1 aromatic carbocycles. The van der Waals surface area contributed by atoms with Crippen LogP contribution in [0, 0.1) is 11.8 Å². The molecule has 1 fully saturated rings. The Labute approximate surface area is 518 Å². The number of rotatable bonds is 29. The van der Waals surface area contributed by atoms with Gasteiger partial charge in [-0.25, -0.2) is 0 Å². The molecule has 11 amide bonds. The van der Waals surface area contributed by atoms with Crippen molar-refractivity contribution in [2.24, 2.45) is 40.5 Å². The monoisotopic (exact) mass is 1270 g/mol. The van der Waals surface area contributed by atoms with Crippen molar-refractivity contribution in [1.82, 2.24) is 58.5 Å². The number of aliphatic hydroxyl groups is 2. The molecule has 492 valence electrons. The Morgan fingerprint density at radius 1 is 0.586 bits per heavy atom. The van der Waals surface area contributed by atoms with E-state index in [2.05, 4.69) is 72.3 Å². The molecule has 87 heavy (non-hydrogen) atoms. The van der Waals surface area contributed by atoms with E-state index in [0.717, 1.165) is 19.3 Å². The standard InChI is InChI=1S/C56H96Cl2N16O13/c1-7-30(4)10-8-9-11-44(77)65-36(14-20-59)51(82)74-46(32(6)76)56(87)70-39(17-23-62)48(79)69-41-19-25-64-55(86)45(31(5)75)73-52(83)40(18-24-63)67-47(78)37(15-21-60)68-53(84)42(26-29(2)3)71-54(85)43(28-33-12-13-34(57)35(58)27-33)72-49(80)38(16-22-61)66-50(41)81/h12-13,27,29-32,36-43,45-46,75-76H,7-11,14-26,28,59-63H2,1-6H3,(H,64,86)(H,65,77)(H,66,81)(H,67,78)(H,68,84)(H,69,79)(H,70,87)(H,71,85)(H,72,80)(H,73,83)(H,74,82)/t30-,31+,32+,36-,37-,38-,39-,40-,41-,42-,43?,45-,46-/m0/s1. The van der Waals surface area contributed by atoms with Crippen molar-refractivity contribution in [1.29, 1.82) is 0 Å². The van der Waals surface area contributed by atoms with Gasteiger partial charge in [-0.15, -0.1) is 0 Å². The van der Waals surface area contributed by atoms with E-state index in [4.69, 9.17) is 51.9 Å². The molecule has 1 aromatic rings. The first kappa shape index (κ1) is 76.8. The maximum atomic E-state index is 14.6. The molecule has 1 aliphatic heterocycles. The van der Waals surface area contributed by atoms with E-state index in [1.54, 1.807) is 13.8 Å². The lowest BCUT2D eigenvalue weighted by Crippen LogP contribution is -2.62. The van der Waals surface area contributed by atoms with Gasteiger partial charge in [0.1, 0.15) is 60.4 Å². The highest BCUT2D eigenvalue weighted by molar-refractivity contribution is 6.42. The Morgan fingerprint density at radius 3 is 1.60 bits per heavy atom. The lowest BCUT2D eigenvalue weighted by Gasteiger charge is -2.29. The third-order valence-electron chi connectivity index (χ3n) is 14.4. The highest BCUT2D eigenvalue weighted by atomic mass is 35.5. The summed E-state index contributed by atoms with van der Waals surface area (Å²) in [5, 5.41) is 49.8. The van der Waals surface area contributed by atoms with Crippen molar-refractivity contribution in [3.8, 4) is 0 Å². The van der Waals surface area contributed by atoms with Gasteiger partial charge in [0, 0.05) is 19.4 Å². The summed E-state index contributed by atoms with van der Waals surface area (Å²) in [6, 6.07) is -10.7. The van der Waals surface area contributed by atoms with Gasteiger partial charge in [-0.3, -0.25) is 52.7 Å². The van der Waals surface area contributed by atoms with Gasteiger partial charge in [0.2, 0.25) is 65.0 Å². The highest BCUT2D eigenvalue weighted by Gasteiger charge is 2.38. The van der Waals surface area contributed by atoms with Gasteiger partial charge in [-0.05, 0) is 127 Å². The van der Waals surface area contributed by atoms with Crippen LogP contribution in [0.25, 0.3) is 0 Å². The van der Waals surface area contributed by atoms with Gasteiger partial charge in [-0.2, -0.15) is 0 Å². The smallest absolute Gasteiger partial charge is 0.245 e. The van der Waals surface area contributed by atoms with Crippen LogP contribution in [0.3, 0.4) is 0 Å². The zero-order valence-electron chi connectivity index (χ0n) is 50.8. The molecular formula is C56H96Cl2N16O13. The summed E-state index contributed by atoms with van der Waals surface area (Å²) in [7, 11) is 0. The predicted molar refractivity (Wildman–Crippen MR) is 326 cm³/mol. The maximum absolute atomic E-state index is 14.6. The summed E-state index contributed by atoms with van der Waals surface area (Å²) in [6.07, 6.45) is -1.42. The Balaban J connectivity index is 2.72. The van der Waals surface area contributed by atoms with Crippen molar-refractivity contribution in [3.05, 3.63) is 33.8 Å². The van der Waals surface area contributed by atoms with Gasteiger partial charge in [0.25, 0.3) is 0 Å². The molecule has 0 saturated carbocycles. The summed E-state index contributed by atoms with van der Waals surface area (Å²) >= 11 is 12.6. The molecule has 1 unspecified atom stereocenters. The van der Waals surface area contributed by atoms with E-state index < -0.39 is 151 Å². The quantitative estimate of drug-likeness (QED) is 0.0341. The molecule has 1 saturated heterocycles. The Bertz CT molecular complexity index is 2440. The van der Waals surface area contributed by atoms with Crippen LogP contribution in [0.5, 0.6) is 0 Å². The molecule has 29 nitrogen and oxygen atoms in total. The van der Waals surface area contributed by atoms with E-state index in [1.807, 2.05) is 0 Å². The summed E-state index contributed by atoms with van der Waals surface area (Å²) < 4.78 is 0. The fourth-order valence-corrected chi connectivity index (χ4v) is 9.49. The molecule has 0 aromatic heterocycles. The maximum Gasteiger partial charge on any atom is 0.245 e. The third kappa shape index (κ3) is 27.3. The minimum Gasteiger partial charge on any atom is -0.391 e. The van der Waals surface area contributed by atoms with E-state index in [1.165, 1.54) is 32.0 Å². The molecule has 13 atom stereocenters. The van der Waals surface area contributed by atoms with Crippen LogP contribution in [-0.4, -0.2) is 187 Å². The first-order valence-corrected chi connectivity index (χ1v) is 30.5. The zero-order chi connectivity index (χ0) is 65.5. The number of aliphatic hydroxyl groups excluding tert-OH is 2. The summed E-state index contributed by atoms with van der Waals surface area (Å²) in [5.74, 6) is -9.80. The third-order valence-corrected chi connectivity index (χ3v) is 15.1. The molecule has 1 heterocycles. The van der Waals surface area contributed by atoms with Crippen LogP contribution in [-0.2, 0) is 59.2 Å². The van der Waals surface area contributed by atoms with Crippen LogP contribution < -0.4 is 87.2 Å². The topological polar surface area (TPSA) is 491 Å². The fourth-order valence-electron chi connectivity index (χ4n) is 9.17. The second kappa shape index (κ2) is 40.3. The van der Waals surface area contributed by atoms with E-state index in [9.17, 15) is 63.0 Å². The average molecular weight is 1270 g/mol. The Morgan fingerprint density at radius 2 is 1.09 bits per heavy atom. The Hall–Kier alpha value is -6.31. The van der Waals surface area contributed by atoms with Crippen molar-refractivity contribution in [2.75, 3.05) is 39.3 Å². The second-order valence-electron chi connectivity index (χ2n) is 22.3. The van der Waals surface area contributed by atoms with E-state index >= 15 is 0 Å². The second-order valence-corrected chi connectivity index (χ2v) is 23.1. The summed E-state index contributed by atoms with van der Waals surface area (Å²) in [4.78, 5) is 154. The van der Waals surface area contributed by atoms with Gasteiger partial charge in [0.15, 0.2) is 0 Å². The fraction of sp³-hybridized carbons (Fsp3) is 0.696. The Kier molecular flexibility index (Phi) is 35.5. The number of hydrogen-bond acceptors (Lipinski definition) is 18. The normalized spacial score (nSPS) is 22.7. The first-order chi connectivity index (χ1) is 41.1. The summed E-state index contributed by atoms with van der Waals surface area (Å²) in [6.45, 7) is 8.82. The zero-order valence-corrected chi connectivity index (χ0v) is 52.3. The van der Waals surface area contributed by atoms with Crippen molar-refractivity contribution in [2.45, 2.75) is 198 Å². The summed E-state index contributed by atoms with van der Waals surface area (Å²) in [5.41, 5.74) is 29.8. The largest absolute Gasteiger partial charge is 0.391 e.